The fourth-order valence-electron chi connectivity index (χ4n) is 7.13. The molecule has 44 heavy (non-hydrogen) atoms. The highest BCUT2D eigenvalue weighted by Gasteiger charge is 2.77. The fraction of sp³-hybridized carbons (Fsp3) is 0.382. The Morgan fingerprint density at radius 1 is 1.07 bits per heavy atom. The Bertz CT molecular complexity index is 1570. The SMILES string of the molecule is CCOc1ccc(NC(=O)[C@H]2[C@H]3C(=O)N([C@H](CO)c4ccccc4)C(C(=O)Nc4cc(C)ccc4C)C34CC(Br)[C@@H]2O4)cc1. The Kier molecular flexibility index (Phi) is 8.26. The Balaban J connectivity index is 1.39. The van der Waals surface area contributed by atoms with Crippen molar-refractivity contribution in [3.8, 4) is 5.75 Å². The minimum Gasteiger partial charge on any atom is -0.494 e. The average Bonchev–Trinajstić information content (AvgIpc) is 3.60. The van der Waals surface area contributed by atoms with E-state index in [1.807, 2.05) is 69.3 Å². The summed E-state index contributed by atoms with van der Waals surface area (Å²) in [5.41, 5.74) is 2.45. The monoisotopic (exact) mass is 661 g/mol. The highest BCUT2D eigenvalue weighted by Crippen LogP contribution is 2.61. The summed E-state index contributed by atoms with van der Waals surface area (Å²) in [4.78, 5) is 44.1. The van der Waals surface area contributed by atoms with E-state index in [4.69, 9.17) is 9.47 Å². The number of hydrogen-bond donors (Lipinski definition) is 3. The van der Waals surface area contributed by atoms with Crippen molar-refractivity contribution in [2.24, 2.45) is 11.8 Å². The largest absolute Gasteiger partial charge is 0.494 e. The molecule has 7 atom stereocenters. The van der Waals surface area contributed by atoms with Crippen LogP contribution < -0.4 is 15.4 Å². The van der Waals surface area contributed by atoms with Crippen molar-refractivity contribution in [2.45, 2.75) is 55.8 Å². The number of aliphatic hydroxyl groups excluding tert-OH is 1. The van der Waals surface area contributed by atoms with Gasteiger partial charge >= 0.3 is 0 Å². The number of benzene rings is 3. The molecule has 3 heterocycles. The molecule has 1 spiro atoms. The van der Waals surface area contributed by atoms with Gasteiger partial charge in [-0.05, 0) is 74.2 Å². The first kappa shape index (κ1) is 30.3. The van der Waals surface area contributed by atoms with E-state index < -0.39 is 48.1 Å². The Morgan fingerprint density at radius 3 is 2.48 bits per heavy atom. The zero-order valence-corrected chi connectivity index (χ0v) is 26.4. The molecule has 3 unspecified atom stereocenters. The molecule has 3 aromatic rings. The van der Waals surface area contributed by atoms with Gasteiger partial charge in [0.15, 0.2) is 0 Å². The quantitative estimate of drug-likeness (QED) is 0.285. The third kappa shape index (κ3) is 5.08. The highest BCUT2D eigenvalue weighted by atomic mass is 79.9. The van der Waals surface area contributed by atoms with Crippen LogP contribution in [0.3, 0.4) is 0 Å². The smallest absolute Gasteiger partial charge is 0.250 e. The van der Waals surface area contributed by atoms with Crippen LogP contribution in [0.25, 0.3) is 0 Å². The molecule has 0 radical (unpaired) electrons. The van der Waals surface area contributed by atoms with Gasteiger partial charge in [-0.1, -0.05) is 58.4 Å². The number of carbonyl (C=O) groups is 3. The zero-order valence-electron chi connectivity index (χ0n) is 24.8. The Labute approximate surface area is 265 Å². The number of alkyl halides is 1. The van der Waals surface area contributed by atoms with Crippen LogP contribution in [0.1, 0.15) is 36.1 Å². The summed E-state index contributed by atoms with van der Waals surface area (Å²) in [6, 6.07) is 20.1. The molecule has 2 bridgehead atoms. The Morgan fingerprint density at radius 2 is 1.80 bits per heavy atom. The van der Waals surface area contributed by atoms with Gasteiger partial charge in [-0.3, -0.25) is 14.4 Å². The molecular weight excluding hydrogens is 626 g/mol. The molecule has 9 nitrogen and oxygen atoms in total. The lowest BCUT2D eigenvalue weighted by molar-refractivity contribution is -0.143. The number of likely N-dealkylation sites (tertiary alicyclic amines) is 1. The van der Waals surface area contributed by atoms with E-state index in [1.54, 1.807) is 24.3 Å². The highest BCUT2D eigenvalue weighted by molar-refractivity contribution is 9.09. The lowest BCUT2D eigenvalue weighted by Crippen LogP contribution is -2.55. The zero-order chi connectivity index (χ0) is 31.2. The van der Waals surface area contributed by atoms with E-state index in [-0.39, 0.29) is 16.6 Å². The summed E-state index contributed by atoms with van der Waals surface area (Å²) in [5.74, 6) is -2.26. The van der Waals surface area contributed by atoms with Gasteiger partial charge in [0.25, 0.3) is 0 Å². The van der Waals surface area contributed by atoms with E-state index in [0.29, 0.717) is 35.7 Å². The number of halogens is 1. The minimum absolute atomic E-state index is 0.261. The van der Waals surface area contributed by atoms with Crippen molar-refractivity contribution < 1.29 is 29.0 Å². The van der Waals surface area contributed by atoms with Crippen molar-refractivity contribution in [3.63, 3.8) is 0 Å². The fourth-order valence-corrected chi connectivity index (χ4v) is 8.07. The first-order valence-electron chi connectivity index (χ1n) is 14.9. The number of anilines is 2. The molecule has 3 amide bonds. The molecule has 6 rings (SSSR count). The molecule has 10 heteroatoms. The maximum atomic E-state index is 14.6. The lowest BCUT2D eigenvalue weighted by atomic mass is 9.70. The van der Waals surface area contributed by atoms with Gasteiger partial charge < -0.3 is 30.1 Å². The predicted octanol–water partition coefficient (Wildman–Crippen LogP) is 4.76. The van der Waals surface area contributed by atoms with E-state index >= 15 is 0 Å². The minimum atomic E-state index is -1.28. The second kappa shape index (κ2) is 12.0. The van der Waals surface area contributed by atoms with Gasteiger partial charge in [0.2, 0.25) is 17.7 Å². The summed E-state index contributed by atoms with van der Waals surface area (Å²) < 4.78 is 12.2. The number of carbonyl (C=O) groups excluding carboxylic acids is 3. The number of amides is 3. The number of ether oxygens (including phenoxy) is 2. The topological polar surface area (TPSA) is 117 Å². The first-order valence-corrected chi connectivity index (χ1v) is 15.8. The van der Waals surface area contributed by atoms with Gasteiger partial charge in [0.05, 0.1) is 37.2 Å². The molecule has 3 N–H and O–H groups in total. The second-order valence-electron chi connectivity index (χ2n) is 11.8. The van der Waals surface area contributed by atoms with E-state index in [2.05, 4.69) is 26.6 Å². The summed E-state index contributed by atoms with van der Waals surface area (Å²) in [7, 11) is 0. The first-order chi connectivity index (χ1) is 21.2. The van der Waals surface area contributed by atoms with E-state index in [0.717, 1.165) is 11.1 Å². The Hall–Kier alpha value is -3.73. The molecule has 3 fully saturated rings. The summed E-state index contributed by atoms with van der Waals surface area (Å²) in [6.45, 7) is 5.86. The number of hydrogen-bond acceptors (Lipinski definition) is 6. The van der Waals surface area contributed by atoms with Crippen molar-refractivity contribution in [1.29, 1.82) is 0 Å². The van der Waals surface area contributed by atoms with Gasteiger partial charge in [-0.2, -0.15) is 0 Å². The van der Waals surface area contributed by atoms with Crippen LogP contribution in [-0.2, 0) is 19.1 Å². The molecular formula is C34H36BrN3O6. The normalized spacial score (nSPS) is 27.6. The van der Waals surface area contributed by atoms with Crippen molar-refractivity contribution in [3.05, 3.63) is 89.5 Å². The standard InChI is InChI=1S/C34H36BrN3O6/c1-4-43-23-14-12-22(13-15-23)36-31(40)27-28-33(42)38(26(18-39)21-8-6-5-7-9-21)30(34(28)17-24(35)29(27)44-34)32(41)37-25-16-19(2)10-11-20(25)3/h5-16,24,26-30,39H,4,17-18H2,1-3H3,(H,36,40)(H,37,41)/t24?,26-,27+,28+,29+,30?,34?/m1/s1. The molecule has 3 aliphatic rings. The molecule has 0 saturated carbocycles. The van der Waals surface area contributed by atoms with Crippen molar-refractivity contribution >= 4 is 45.0 Å². The van der Waals surface area contributed by atoms with E-state index in [9.17, 15) is 19.5 Å². The van der Waals surface area contributed by atoms with Crippen molar-refractivity contribution in [2.75, 3.05) is 23.8 Å². The van der Waals surface area contributed by atoms with Crippen LogP contribution >= 0.6 is 15.9 Å². The number of aryl methyl sites for hydroxylation is 2. The van der Waals surface area contributed by atoms with Crippen molar-refractivity contribution in [1.82, 2.24) is 4.90 Å². The molecule has 3 aliphatic heterocycles. The van der Waals surface area contributed by atoms with Gasteiger partial charge in [-0.25, -0.2) is 0 Å². The predicted molar refractivity (Wildman–Crippen MR) is 170 cm³/mol. The maximum Gasteiger partial charge on any atom is 0.250 e. The van der Waals surface area contributed by atoms with Gasteiger partial charge in [0.1, 0.15) is 17.4 Å². The number of nitrogens with one attached hydrogen (secondary N) is 2. The molecule has 3 aromatic carbocycles. The second-order valence-corrected chi connectivity index (χ2v) is 12.9. The molecule has 3 saturated heterocycles. The third-order valence-electron chi connectivity index (χ3n) is 9.06. The van der Waals surface area contributed by atoms with Crippen LogP contribution in [-0.4, -0.2) is 63.5 Å². The van der Waals surface area contributed by atoms with Crippen LogP contribution in [0.4, 0.5) is 11.4 Å². The number of fused-ring (bicyclic) bond motifs is 1. The van der Waals surface area contributed by atoms with E-state index in [1.165, 1.54) is 4.90 Å². The summed E-state index contributed by atoms with van der Waals surface area (Å²) >= 11 is 3.72. The summed E-state index contributed by atoms with van der Waals surface area (Å²) in [5, 5.41) is 16.7. The van der Waals surface area contributed by atoms with Crippen LogP contribution in [0, 0.1) is 25.7 Å². The molecule has 0 aliphatic carbocycles. The molecule has 230 valence electrons. The molecule has 0 aromatic heterocycles. The maximum absolute atomic E-state index is 14.6. The van der Waals surface area contributed by atoms with Gasteiger partial charge in [0, 0.05) is 16.2 Å². The summed E-state index contributed by atoms with van der Waals surface area (Å²) in [6.07, 6.45) is -0.260. The average molecular weight is 663 g/mol. The number of rotatable bonds is 9. The van der Waals surface area contributed by atoms with Crippen LogP contribution in [0.15, 0.2) is 72.8 Å². The van der Waals surface area contributed by atoms with Gasteiger partial charge in [-0.15, -0.1) is 0 Å². The van der Waals surface area contributed by atoms with Crippen LogP contribution in [0.2, 0.25) is 0 Å². The van der Waals surface area contributed by atoms with Crippen LogP contribution in [0.5, 0.6) is 5.75 Å². The lowest BCUT2D eigenvalue weighted by Gasteiger charge is -2.37. The third-order valence-corrected chi connectivity index (χ3v) is 9.90. The number of nitrogens with zero attached hydrogens (tertiary/aromatic N) is 1. The number of aliphatic hydroxyl groups is 1.